The third kappa shape index (κ3) is 5.91. The first-order chi connectivity index (χ1) is 21.8. The molecule has 0 amide bonds. The Kier molecular flexibility index (Phi) is 9.58. The topological polar surface area (TPSA) is 110 Å². The Labute approximate surface area is 275 Å². The van der Waals surface area contributed by atoms with Crippen molar-refractivity contribution in [3.63, 3.8) is 0 Å². The summed E-state index contributed by atoms with van der Waals surface area (Å²) in [5, 5.41) is 19.1. The van der Waals surface area contributed by atoms with Crippen LogP contribution in [-0.4, -0.2) is 60.7 Å². The second-order valence-electron chi connectivity index (χ2n) is 11.9. The number of fused-ring (bicyclic) bond motifs is 8. The summed E-state index contributed by atoms with van der Waals surface area (Å²) in [6, 6.07) is 7.43. The number of aliphatic carboxylic acids is 2. The van der Waals surface area contributed by atoms with Crippen molar-refractivity contribution in [2.75, 3.05) is 0 Å². The van der Waals surface area contributed by atoms with Crippen molar-refractivity contribution in [1.82, 2.24) is 17.3 Å². The summed E-state index contributed by atoms with van der Waals surface area (Å²) in [4.78, 5) is 33.2. The molecule has 3 aromatic rings. The maximum atomic E-state index is 15.2. The van der Waals surface area contributed by atoms with Gasteiger partial charge in [-0.3, -0.25) is 4.79 Å². The van der Waals surface area contributed by atoms with Crippen LogP contribution in [0.1, 0.15) is 98.4 Å². The number of halogens is 2. The minimum atomic E-state index is -5.08. The predicted molar refractivity (Wildman–Crippen MR) is 180 cm³/mol. The number of carboxylic acid groups (broad SMARTS) is 2. The number of carbonyl (C=O) groups is 2. The Morgan fingerprint density at radius 2 is 1.20 bits per heavy atom. The van der Waals surface area contributed by atoms with E-state index in [0.717, 1.165) is 61.3 Å². The number of allylic oxidation sites excluding steroid dienone is 4. The first-order valence-corrected chi connectivity index (χ1v) is 19.0. The zero-order valence-electron chi connectivity index (χ0n) is 27.3. The van der Waals surface area contributed by atoms with Crippen LogP contribution in [0.2, 0.25) is 0 Å². The van der Waals surface area contributed by atoms with Crippen LogP contribution in [0.3, 0.4) is 0 Å². The maximum absolute atomic E-state index is 15.2. The van der Waals surface area contributed by atoms with Crippen LogP contribution in [0, 0.1) is 13.8 Å². The van der Waals surface area contributed by atoms with Gasteiger partial charge in [-0.2, -0.15) is 0 Å². The molecular formula is C35H39F2N4O4Sn+. The molecule has 11 heteroatoms. The molecule has 0 atom stereocenters. The van der Waals surface area contributed by atoms with E-state index in [0.29, 0.717) is 47.4 Å². The van der Waals surface area contributed by atoms with Gasteiger partial charge in [0.15, 0.2) is 0 Å². The Balaban J connectivity index is 2.04. The predicted octanol–water partition coefficient (Wildman–Crippen LogP) is 7.90. The molecule has 0 fully saturated rings. The summed E-state index contributed by atoms with van der Waals surface area (Å²) in [6.45, 7) is 11.7. The van der Waals surface area contributed by atoms with Gasteiger partial charge in [0.05, 0.1) is 0 Å². The van der Waals surface area contributed by atoms with E-state index >= 15 is 5.73 Å². The van der Waals surface area contributed by atoms with Crippen molar-refractivity contribution in [3.8, 4) is 0 Å². The van der Waals surface area contributed by atoms with E-state index in [4.69, 9.17) is 9.97 Å². The summed E-state index contributed by atoms with van der Waals surface area (Å²) in [7, 11) is 1.92. The van der Waals surface area contributed by atoms with Crippen LogP contribution in [0.5, 0.6) is 0 Å². The van der Waals surface area contributed by atoms with Crippen molar-refractivity contribution in [3.05, 3.63) is 69.3 Å². The Morgan fingerprint density at radius 3 is 1.76 bits per heavy atom. The van der Waals surface area contributed by atoms with Gasteiger partial charge in [0, 0.05) is 0 Å². The standard InChI is InChI=1S/C35H40N4O4.2FH.Sn/c1-8-22-18(3)26-14-30-23(9-2)19(4)28(38-30)16-32-21(6)25(11-13-35(42)43)33(39(32)7)17-31-24(10-12-34(40)41)20(5)27(37-31)15-29(22)36-26;;;/h14-17H,8-13H2,1-7H3,(H3,36,37,38,40,41,42,43);2*1H;/q;;;+4/p-3. The second kappa shape index (κ2) is 13.1. The van der Waals surface area contributed by atoms with E-state index in [1.807, 2.05) is 71.4 Å². The monoisotopic (exact) mass is 737 g/mol. The molecule has 2 N–H and O–H groups in total. The van der Waals surface area contributed by atoms with Gasteiger partial charge in [-0.05, 0) is 0 Å². The third-order valence-corrected chi connectivity index (χ3v) is 11.8. The van der Waals surface area contributed by atoms with Gasteiger partial charge in [0.25, 0.3) is 0 Å². The van der Waals surface area contributed by atoms with Gasteiger partial charge in [0.1, 0.15) is 0 Å². The zero-order chi connectivity index (χ0) is 33.6. The number of carboxylic acids is 2. The quantitative estimate of drug-likeness (QED) is 0.216. The van der Waals surface area contributed by atoms with Crippen LogP contribution in [0.4, 0.5) is 5.73 Å². The summed E-state index contributed by atoms with van der Waals surface area (Å²) in [5.41, 5.74) is 11.9. The number of rotatable bonds is 9. The van der Waals surface area contributed by atoms with Crippen molar-refractivity contribution >= 4 is 77.5 Å². The number of aromatic nitrogens is 4. The molecule has 5 heterocycles. The van der Waals surface area contributed by atoms with E-state index < -0.39 is 33.1 Å². The molecule has 3 aromatic heterocycles. The van der Waals surface area contributed by atoms with Gasteiger partial charge >= 0.3 is 267 Å². The molecule has 0 aromatic carbocycles. The summed E-state index contributed by atoms with van der Waals surface area (Å²) in [6.07, 6.45) is 1.57. The van der Waals surface area contributed by atoms with E-state index in [-0.39, 0.29) is 19.3 Å². The van der Waals surface area contributed by atoms with Gasteiger partial charge in [0.2, 0.25) is 0 Å². The third-order valence-electron chi connectivity index (χ3n) is 9.42. The molecule has 0 saturated heterocycles. The molecule has 2 aliphatic rings. The fraction of sp³-hybridized carbons (Fsp3) is 0.371. The van der Waals surface area contributed by atoms with Crippen molar-refractivity contribution in [1.29, 1.82) is 0 Å². The SMILES string of the molecule is CCC1=C(C)c2cc3c(C)c(CCC(=O)O)c(cc4nc(cc5c(CC)c(C)c(cc1n2)[n]5[Sn+]([F])[F])C(C)=C4CCC(=O)O)n3C. The van der Waals surface area contributed by atoms with Gasteiger partial charge in [-0.1, -0.05) is 0 Å². The number of nitrogens with zero attached hydrogens (tertiary/aromatic N) is 4. The van der Waals surface area contributed by atoms with Gasteiger partial charge in [-0.15, -0.1) is 0 Å². The minimum absolute atomic E-state index is 0.0619. The fourth-order valence-electron chi connectivity index (χ4n) is 6.89. The van der Waals surface area contributed by atoms with Crippen LogP contribution in [-0.2, 0) is 29.5 Å². The van der Waals surface area contributed by atoms with Crippen LogP contribution in [0.25, 0.3) is 44.4 Å². The van der Waals surface area contributed by atoms with E-state index in [1.165, 1.54) is 2.79 Å². The molecule has 0 spiro atoms. The Bertz CT molecular complexity index is 2020. The Hall–Kier alpha value is -3.80. The molecule has 240 valence electrons. The normalized spacial score (nSPS) is 13.2. The van der Waals surface area contributed by atoms with Crippen LogP contribution >= 0.6 is 0 Å². The molecule has 46 heavy (non-hydrogen) atoms. The van der Waals surface area contributed by atoms with E-state index in [1.54, 1.807) is 6.07 Å². The Morgan fingerprint density at radius 1 is 0.696 bits per heavy atom. The van der Waals surface area contributed by atoms with Gasteiger partial charge < -0.3 is 5.11 Å². The average Bonchev–Trinajstić information content (AvgIpc) is 3.61. The van der Waals surface area contributed by atoms with Crippen molar-refractivity contribution in [2.24, 2.45) is 7.05 Å². The van der Waals surface area contributed by atoms with Crippen LogP contribution < -0.4 is 0 Å². The van der Waals surface area contributed by atoms with Crippen LogP contribution in [0.15, 0.2) is 24.3 Å². The van der Waals surface area contributed by atoms with Crippen molar-refractivity contribution in [2.45, 2.75) is 80.1 Å². The summed E-state index contributed by atoms with van der Waals surface area (Å²) in [5.74, 6) is -1.86. The second-order valence-corrected chi connectivity index (χ2v) is 14.6. The first-order valence-electron chi connectivity index (χ1n) is 15.5. The van der Waals surface area contributed by atoms with E-state index in [2.05, 4.69) is 0 Å². The average molecular weight is 736 g/mol. The summed E-state index contributed by atoms with van der Waals surface area (Å²) < 4.78 is 33.6. The number of aryl methyl sites for hydroxylation is 5. The molecule has 5 rings (SSSR count). The fourth-order valence-corrected chi connectivity index (χ4v) is 9.16. The molecule has 8 nitrogen and oxygen atoms in total. The van der Waals surface area contributed by atoms with Gasteiger partial charge in [-0.25, -0.2) is 0 Å². The van der Waals surface area contributed by atoms with Crippen molar-refractivity contribution < 1.29 is 25.5 Å². The molecule has 2 aliphatic heterocycles. The summed E-state index contributed by atoms with van der Waals surface area (Å²) >= 11 is -5.08. The molecule has 0 radical (unpaired) electrons. The number of hydrogen-bond acceptors (Lipinski definition) is 4. The molecular weight excluding hydrogens is 697 g/mol. The number of hydrogen-bond donors (Lipinski definition) is 2. The molecule has 0 saturated carbocycles. The zero-order valence-corrected chi connectivity index (χ0v) is 30.2. The molecule has 0 unspecified atom stereocenters. The first kappa shape index (κ1) is 33.6. The molecule has 8 bridgehead atoms. The van der Waals surface area contributed by atoms with E-state index in [9.17, 15) is 19.8 Å². The molecule has 0 aliphatic carbocycles.